The van der Waals surface area contributed by atoms with Crippen LogP contribution in [0.25, 0.3) is 0 Å². The van der Waals surface area contributed by atoms with E-state index in [-0.39, 0.29) is 5.91 Å². The molecule has 0 radical (unpaired) electrons. The van der Waals surface area contributed by atoms with Crippen LogP contribution in [0.1, 0.15) is 19.3 Å². The molecule has 1 saturated heterocycles. The van der Waals surface area contributed by atoms with Gasteiger partial charge in [-0.1, -0.05) is 6.58 Å². The van der Waals surface area contributed by atoms with Crippen molar-refractivity contribution in [3.8, 4) is 0 Å². The van der Waals surface area contributed by atoms with Crippen molar-refractivity contribution in [3.63, 3.8) is 0 Å². The first-order valence-electron chi connectivity index (χ1n) is 3.65. The van der Waals surface area contributed by atoms with Crippen molar-refractivity contribution in [2.24, 2.45) is 0 Å². The van der Waals surface area contributed by atoms with E-state index >= 15 is 0 Å². The number of rotatable bonds is 0. The molecule has 1 fully saturated rings. The molecule has 10 heavy (non-hydrogen) atoms. The van der Waals surface area contributed by atoms with E-state index in [0.29, 0.717) is 0 Å². The summed E-state index contributed by atoms with van der Waals surface area (Å²) in [5.41, 5.74) is 0.764. The van der Waals surface area contributed by atoms with E-state index in [4.69, 9.17) is 0 Å². The molecule has 0 bridgehead atoms. The Bertz CT molecular complexity index is 163. The Hall–Kier alpha value is -0.790. The summed E-state index contributed by atoms with van der Waals surface area (Å²) < 4.78 is 0. The molecule has 0 aromatic heterocycles. The van der Waals surface area contributed by atoms with Crippen molar-refractivity contribution in [2.75, 3.05) is 13.6 Å². The maximum Gasteiger partial charge on any atom is 0.248 e. The maximum absolute atomic E-state index is 11.2. The van der Waals surface area contributed by atoms with E-state index in [1.165, 1.54) is 0 Å². The Morgan fingerprint density at radius 1 is 1.50 bits per heavy atom. The highest BCUT2D eigenvalue weighted by atomic mass is 16.2. The summed E-state index contributed by atoms with van der Waals surface area (Å²) >= 11 is 0. The average molecular weight is 139 g/mol. The van der Waals surface area contributed by atoms with Crippen molar-refractivity contribution in [2.45, 2.75) is 19.3 Å². The lowest BCUT2D eigenvalue weighted by Crippen LogP contribution is -2.26. The Kier molecular flexibility index (Phi) is 2.10. The van der Waals surface area contributed by atoms with Gasteiger partial charge in [0.05, 0.1) is 0 Å². The van der Waals surface area contributed by atoms with E-state index in [2.05, 4.69) is 6.58 Å². The quantitative estimate of drug-likeness (QED) is 0.461. The molecule has 0 unspecified atom stereocenters. The van der Waals surface area contributed by atoms with E-state index in [9.17, 15) is 4.79 Å². The molecule has 1 heterocycles. The van der Waals surface area contributed by atoms with Crippen molar-refractivity contribution in [1.82, 2.24) is 4.90 Å². The van der Waals surface area contributed by atoms with Gasteiger partial charge in [0, 0.05) is 19.2 Å². The molecule has 0 atom stereocenters. The first kappa shape index (κ1) is 7.32. The summed E-state index contributed by atoms with van der Waals surface area (Å²) in [6.45, 7) is 4.60. The zero-order valence-electron chi connectivity index (χ0n) is 6.39. The summed E-state index contributed by atoms with van der Waals surface area (Å²) in [6, 6.07) is 0. The van der Waals surface area contributed by atoms with E-state index in [1.807, 2.05) is 7.05 Å². The molecule has 2 nitrogen and oxygen atoms in total. The SMILES string of the molecule is C=C1CCCCN(C)C1=O. The van der Waals surface area contributed by atoms with Crippen molar-refractivity contribution >= 4 is 5.91 Å². The van der Waals surface area contributed by atoms with Gasteiger partial charge in [-0.2, -0.15) is 0 Å². The molecule has 0 aromatic rings. The standard InChI is InChI=1S/C8H13NO/c1-7-5-3-4-6-9(2)8(7)10/h1,3-6H2,2H3. The molecule has 1 aliphatic rings. The number of carbonyl (C=O) groups excluding carboxylic acids is 1. The summed E-state index contributed by atoms with van der Waals surface area (Å²) in [6.07, 6.45) is 3.10. The fourth-order valence-electron chi connectivity index (χ4n) is 1.17. The van der Waals surface area contributed by atoms with Gasteiger partial charge >= 0.3 is 0 Å². The van der Waals surface area contributed by atoms with Gasteiger partial charge in [0.25, 0.3) is 0 Å². The van der Waals surface area contributed by atoms with Gasteiger partial charge in [-0.25, -0.2) is 0 Å². The first-order chi connectivity index (χ1) is 4.72. The summed E-state index contributed by atoms with van der Waals surface area (Å²) in [5.74, 6) is 0.123. The number of hydrogen-bond donors (Lipinski definition) is 0. The molecule has 1 amide bonds. The minimum atomic E-state index is 0.123. The van der Waals surface area contributed by atoms with Gasteiger partial charge in [-0.15, -0.1) is 0 Å². The van der Waals surface area contributed by atoms with Crippen molar-refractivity contribution < 1.29 is 4.79 Å². The van der Waals surface area contributed by atoms with Crippen LogP contribution in [0.3, 0.4) is 0 Å². The fraction of sp³-hybridized carbons (Fsp3) is 0.625. The second-order valence-electron chi connectivity index (χ2n) is 2.79. The Morgan fingerprint density at radius 3 is 2.90 bits per heavy atom. The van der Waals surface area contributed by atoms with E-state index < -0.39 is 0 Å². The molecule has 2 heteroatoms. The minimum absolute atomic E-state index is 0.123. The van der Waals surface area contributed by atoms with Gasteiger partial charge in [-0.3, -0.25) is 4.79 Å². The molecular formula is C8H13NO. The van der Waals surface area contributed by atoms with Crippen LogP contribution >= 0.6 is 0 Å². The number of nitrogens with zero attached hydrogens (tertiary/aromatic N) is 1. The van der Waals surface area contributed by atoms with Crippen LogP contribution in [0, 0.1) is 0 Å². The first-order valence-corrected chi connectivity index (χ1v) is 3.65. The molecule has 0 aromatic carbocycles. The smallest absolute Gasteiger partial charge is 0.248 e. The van der Waals surface area contributed by atoms with Crippen LogP contribution in [-0.4, -0.2) is 24.4 Å². The third kappa shape index (κ3) is 1.38. The Balaban J connectivity index is 2.64. The molecular weight excluding hydrogens is 126 g/mol. The van der Waals surface area contributed by atoms with Gasteiger partial charge in [-0.05, 0) is 19.3 Å². The second-order valence-corrected chi connectivity index (χ2v) is 2.79. The predicted octanol–water partition coefficient (Wildman–Crippen LogP) is 1.18. The van der Waals surface area contributed by atoms with Crippen LogP contribution < -0.4 is 0 Å². The third-order valence-electron chi connectivity index (χ3n) is 1.87. The van der Waals surface area contributed by atoms with Gasteiger partial charge < -0.3 is 4.90 Å². The predicted molar refractivity (Wildman–Crippen MR) is 40.6 cm³/mol. The van der Waals surface area contributed by atoms with E-state index in [1.54, 1.807) is 4.90 Å². The number of carbonyl (C=O) groups is 1. The van der Waals surface area contributed by atoms with Crippen molar-refractivity contribution in [1.29, 1.82) is 0 Å². The topological polar surface area (TPSA) is 20.3 Å². The molecule has 0 aliphatic carbocycles. The number of likely N-dealkylation sites (N-methyl/N-ethyl adjacent to an activating group) is 1. The largest absolute Gasteiger partial charge is 0.342 e. The average Bonchev–Trinajstić information content (AvgIpc) is 2.04. The van der Waals surface area contributed by atoms with Crippen LogP contribution in [0.15, 0.2) is 12.2 Å². The lowest BCUT2D eigenvalue weighted by Gasteiger charge is -2.13. The number of hydrogen-bond acceptors (Lipinski definition) is 1. The van der Waals surface area contributed by atoms with Crippen molar-refractivity contribution in [3.05, 3.63) is 12.2 Å². The van der Waals surface area contributed by atoms with Crippen LogP contribution in [0.2, 0.25) is 0 Å². The molecule has 0 N–H and O–H groups in total. The molecule has 1 rings (SSSR count). The Morgan fingerprint density at radius 2 is 2.20 bits per heavy atom. The highest BCUT2D eigenvalue weighted by Gasteiger charge is 2.15. The number of likely N-dealkylation sites (tertiary alicyclic amines) is 1. The monoisotopic (exact) mass is 139 g/mol. The zero-order valence-corrected chi connectivity index (χ0v) is 6.39. The summed E-state index contributed by atoms with van der Waals surface area (Å²) in [7, 11) is 1.83. The zero-order chi connectivity index (χ0) is 7.56. The molecule has 56 valence electrons. The van der Waals surface area contributed by atoms with Crippen LogP contribution in [-0.2, 0) is 4.79 Å². The third-order valence-corrected chi connectivity index (χ3v) is 1.87. The fourth-order valence-corrected chi connectivity index (χ4v) is 1.17. The summed E-state index contributed by atoms with van der Waals surface area (Å²) in [5, 5.41) is 0. The number of amides is 1. The van der Waals surface area contributed by atoms with Crippen LogP contribution in [0.5, 0.6) is 0 Å². The lowest BCUT2D eigenvalue weighted by atomic mass is 10.1. The summed E-state index contributed by atoms with van der Waals surface area (Å²) in [4.78, 5) is 12.9. The molecule has 0 spiro atoms. The van der Waals surface area contributed by atoms with Gasteiger partial charge in [0.2, 0.25) is 5.91 Å². The normalized spacial score (nSPS) is 21.1. The van der Waals surface area contributed by atoms with Gasteiger partial charge in [0.1, 0.15) is 0 Å². The van der Waals surface area contributed by atoms with Crippen LogP contribution in [0.4, 0.5) is 0 Å². The Labute approximate surface area is 61.5 Å². The molecule has 1 aliphatic heterocycles. The van der Waals surface area contributed by atoms with E-state index in [0.717, 1.165) is 31.4 Å². The maximum atomic E-state index is 11.2. The highest BCUT2D eigenvalue weighted by Crippen LogP contribution is 2.13. The minimum Gasteiger partial charge on any atom is -0.342 e. The lowest BCUT2D eigenvalue weighted by molar-refractivity contribution is -0.125. The highest BCUT2D eigenvalue weighted by molar-refractivity contribution is 5.92. The molecule has 0 saturated carbocycles. The van der Waals surface area contributed by atoms with Gasteiger partial charge in [0.15, 0.2) is 0 Å². The second kappa shape index (κ2) is 2.86.